The Hall–Kier alpha value is -2.66. The van der Waals surface area contributed by atoms with Crippen molar-refractivity contribution in [3.05, 3.63) is 82.6 Å². The van der Waals surface area contributed by atoms with Crippen LogP contribution < -0.4 is 10.6 Å². The van der Waals surface area contributed by atoms with E-state index in [1.165, 1.54) is 0 Å². The fourth-order valence-corrected chi connectivity index (χ4v) is 3.00. The summed E-state index contributed by atoms with van der Waals surface area (Å²) in [6.07, 6.45) is 3.64. The molecule has 0 bridgehead atoms. The number of rotatable bonds is 2. The van der Waals surface area contributed by atoms with Gasteiger partial charge in [-0.05, 0) is 42.0 Å². The van der Waals surface area contributed by atoms with E-state index in [4.69, 9.17) is 4.99 Å². The highest BCUT2D eigenvalue weighted by Crippen LogP contribution is 2.35. The Kier molecular flexibility index (Phi) is 4.01. The maximum absolute atomic E-state index is 4.85. The Bertz CT molecular complexity index is 906. The van der Waals surface area contributed by atoms with Crippen molar-refractivity contribution in [1.29, 1.82) is 0 Å². The van der Waals surface area contributed by atoms with E-state index in [0.717, 1.165) is 38.5 Å². The number of hydrogen-bond donors (Lipinski definition) is 2. The van der Waals surface area contributed by atoms with Crippen LogP contribution in [0, 0.1) is 0 Å². The molecule has 0 spiro atoms. The predicted octanol–water partition coefficient (Wildman–Crippen LogP) is 4.77. The third-order valence-corrected chi connectivity index (χ3v) is 4.32. The number of pyridine rings is 1. The Labute approximate surface area is 148 Å². The summed E-state index contributed by atoms with van der Waals surface area (Å²) >= 11 is 3.52. The molecule has 1 aromatic heterocycles. The molecule has 2 heterocycles. The summed E-state index contributed by atoms with van der Waals surface area (Å²) in [6, 6.07) is 18.2. The number of para-hydroxylation sites is 1. The van der Waals surface area contributed by atoms with E-state index >= 15 is 0 Å². The van der Waals surface area contributed by atoms with Gasteiger partial charge in [-0.2, -0.15) is 0 Å². The van der Waals surface area contributed by atoms with Gasteiger partial charge in [-0.15, -0.1) is 0 Å². The Balaban J connectivity index is 1.74. The quantitative estimate of drug-likeness (QED) is 0.675. The first-order valence-corrected chi connectivity index (χ1v) is 8.46. The second kappa shape index (κ2) is 6.45. The van der Waals surface area contributed by atoms with E-state index in [1.807, 2.05) is 48.7 Å². The number of nitrogens with zero attached hydrogens (tertiary/aromatic N) is 2. The predicted molar refractivity (Wildman–Crippen MR) is 101 cm³/mol. The largest absolute Gasteiger partial charge is 0.365 e. The number of hydrogen-bond acceptors (Lipinski definition) is 4. The molecule has 0 aliphatic carbocycles. The van der Waals surface area contributed by atoms with Crippen molar-refractivity contribution in [2.45, 2.75) is 6.54 Å². The van der Waals surface area contributed by atoms with Crippen LogP contribution in [0.2, 0.25) is 0 Å². The van der Waals surface area contributed by atoms with Crippen LogP contribution in [0.15, 0.2) is 76.5 Å². The van der Waals surface area contributed by atoms with Crippen molar-refractivity contribution in [3.63, 3.8) is 0 Å². The molecule has 5 heteroatoms. The SMILES string of the molecule is Brc1ccc2c(c1)N=C(NCc1cccnc1)c1ccccc1N2. The lowest BCUT2D eigenvalue weighted by molar-refractivity contribution is 0.907. The molecule has 0 fully saturated rings. The minimum absolute atomic E-state index is 0.671. The molecule has 0 amide bonds. The van der Waals surface area contributed by atoms with Crippen molar-refractivity contribution in [2.75, 3.05) is 5.32 Å². The monoisotopic (exact) mass is 378 g/mol. The molecule has 4 nitrogen and oxygen atoms in total. The number of benzene rings is 2. The lowest BCUT2D eigenvalue weighted by atomic mass is 10.1. The van der Waals surface area contributed by atoms with Gasteiger partial charge in [-0.25, -0.2) is 4.99 Å². The molecule has 0 saturated heterocycles. The molecule has 4 rings (SSSR count). The van der Waals surface area contributed by atoms with Gasteiger partial charge in [-0.3, -0.25) is 4.98 Å². The summed E-state index contributed by atoms with van der Waals surface area (Å²) in [6.45, 7) is 0.671. The fourth-order valence-electron chi connectivity index (χ4n) is 2.65. The van der Waals surface area contributed by atoms with Gasteiger partial charge in [0.2, 0.25) is 0 Å². The second-order valence-electron chi connectivity index (χ2n) is 5.51. The Morgan fingerprint density at radius 3 is 2.79 bits per heavy atom. The molecular formula is C19H15BrN4. The summed E-state index contributed by atoms with van der Waals surface area (Å²) in [5, 5.41) is 6.92. The van der Waals surface area contributed by atoms with Gasteiger partial charge in [0.1, 0.15) is 5.84 Å². The van der Waals surface area contributed by atoms with Crippen LogP contribution in [0.1, 0.15) is 11.1 Å². The molecule has 0 atom stereocenters. The van der Waals surface area contributed by atoms with Crippen LogP contribution in [0.25, 0.3) is 0 Å². The second-order valence-corrected chi connectivity index (χ2v) is 6.42. The first kappa shape index (κ1) is 14.9. The summed E-state index contributed by atoms with van der Waals surface area (Å²) in [7, 11) is 0. The minimum Gasteiger partial charge on any atom is -0.365 e. The fraction of sp³-hybridized carbons (Fsp3) is 0.0526. The smallest absolute Gasteiger partial charge is 0.136 e. The third-order valence-electron chi connectivity index (χ3n) is 3.83. The molecule has 0 radical (unpaired) electrons. The number of halogens is 1. The van der Waals surface area contributed by atoms with Gasteiger partial charge in [0.15, 0.2) is 0 Å². The van der Waals surface area contributed by atoms with E-state index in [0.29, 0.717) is 6.54 Å². The van der Waals surface area contributed by atoms with Crippen molar-refractivity contribution < 1.29 is 0 Å². The number of amidine groups is 1. The van der Waals surface area contributed by atoms with Crippen LogP contribution in [0.3, 0.4) is 0 Å². The Morgan fingerprint density at radius 1 is 1.00 bits per heavy atom. The highest BCUT2D eigenvalue weighted by molar-refractivity contribution is 9.10. The highest BCUT2D eigenvalue weighted by Gasteiger charge is 2.16. The average Bonchev–Trinajstić information content (AvgIpc) is 2.77. The van der Waals surface area contributed by atoms with E-state index < -0.39 is 0 Å². The molecule has 3 aromatic rings. The zero-order chi connectivity index (χ0) is 16.4. The molecule has 1 aliphatic rings. The average molecular weight is 379 g/mol. The minimum atomic E-state index is 0.671. The first-order valence-electron chi connectivity index (χ1n) is 7.67. The number of aliphatic imine (C=N–C) groups is 1. The topological polar surface area (TPSA) is 49.3 Å². The summed E-state index contributed by atoms with van der Waals surface area (Å²) < 4.78 is 1.00. The normalized spacial score (nSPS) is 12.3. The summed E-state index contributed by atoms with van der Waals surface area (Å²) in [5.41, 5.74) is 5.09. The van der Waals surface area contributed by atoms with Crippen LogP contribution in [0.4, 0.5) is 17.1 Å². The van der Waals surface area contributed by atoms with Gasteiger partial charge < -0.3 is 10.6 Å². The first-order chi connectivity index (χ1) is 11.8. The number of fused-ring (bicyclic) bond motifs is 2. The zero-order valence-corrected chi connectivity index (χ0v) is 14.4. The van der Waals surface area contributed by atoms with Crippen LogP contribution in [0.5, 0.6) is 0 Å². The van der Waals surface area contributed by atoms with Crippen molar-refractivity contribution in [2.24, 2.45) is 4.99 Å². The maximum Gasteiger partial charge on any atom is 0.136 e. The molecule has 2 aromatic carbocycles. The van der Waals surface area contributed by atoms with Gasteiger partial charge in [0, 0.05) is 34.7 Å². The van der Waals surface area contributed by atoms with E-state index in [2.05, 4.69) is 43.7 Å². The van der Waals surface area contributed by atoms with Crippen LogP contribution in [-0.2, 0) is 6.54 Å². The number of nitrogens with one attached hydrogen (secondary N) is 2. The summed E-state index contributed by atoms with van der Waals surface area (Å²) in [5.74, 6) is 0.846. The molecule has 1 aliphatic heterocycles. The maximum atomic E-state index is 4.85. The van der Waals surface area contributed by atoms with Crippen molar-refractivity contribution in [1.82, 2.24) is 10.3 Å². The van der Waals surface area contributed by atoms with Gasteiger partial charge >= 0.3 is 0 Å². The van der Waals surface area contributed by atoms with Crippen LogP contribution in [-0.4, -0.2) is 10.8 Å². The van der Waals surface area contributed by atoms with E-state index in [-0.39, 0.29) is 0 Å². The van der Waals surface area contributed by atoms with Gasteiger partial charge in [-0.1, -0.05) is 34.1 Å². The standard InChI is InChI=1S/C19H15BrN4/c20-14-7-8-17-18(10-14)24-19(15-5-1-2-6-16(15)23-17)22-12-13-4-3-9-21-11-13/h1-11,23H,12H2,(H,22,24). The highest BCUT2D eigenvalue weighted by atomic mass is 79.9. The van der Waals surface area contributed by atoms with Crippen LogP contribution >= 0.6 is 15.9 Å². The molecule has 24 heavy (non-hydrogen) atoms. The molecule has 2 N–H and O–H groups in total. The summed E-state index contributed by atoms with van der Waals surface area (Å²) in [4.78, 5) is 9.01. The zero-order valence-electron chi connectivity index (χ0n) is 12.8. The molecule has 0 unspecified atom stereocenters. The molecule has 118 valence electrons. The third kappa shape index (κ3) is 3.03. The van der Waals surface area contributed by atoms with Gasteiger partial charge in [0.05, 0.1) is 11.4 Å². The lowest BCUT2D eigenvalue weighted by Crippen LogP contribution is -2.24. The number of anilines is 2. The van der Waals surface area contributed by atoms with Crippen molar-refractivity contribution >= 4 is 38.8 Å². The Morgan fingerprint density at radius 2 is 1.92 bits per heavy atom. The van der Waals surface area contributed by atoms with E-state index in [9.17, 15) is 0 Å². The van der Waals surface area contributed by atoms with Crippen molar-refractivity contribution in [3.8, 4) is 0 Å². The number of aromatic nitrogens is 1. The lowest BCUT2D eigenvalue weighted by Gasteiger charge is -2.12. The molecule has 0 saturated carbocycles. The molecular weight excluding hydrogens is 364 g/mol. The van der Waals surface area contributed by atoms with E-state index in [1.54, 1.807) is 6.20 Å². The van der Waals surface area contributed by atoms with Gasteiger partial charge in [0.25, 0.3) is 0 Å².